The number of fused-ring (bicyclic) bond motifs is 8. The number of likely N-dealkylation sites (N-methyl/N-ethyl adjacent to an activating group) is 2. The second-order valence-corrected chi connectivity index (χ2v) is 35.5. The number of thioether (sulfide) groups is 1. The summed E-state index contributed by atoms with van der Waals surface area (Å²) >= 11 is 2.10. The highest BCUT2D eigenvalue weighted by Crippen LogP contribution is 2.31. The first-order valence-electron chi connectivity index (χ1n) is 44.1. The molecule has 0 unspecified atom stereocenters. The number of nitrogens with two attached hydrogens (primary N) is 4. The van der Waals surface area contributed by atoms with E-state index in [-0.39, 0.29) is 70.2 Å². The van der Waals surface area contributed by atoms with Crippen molar-refractivity contribution in [2.45, 2.75) is 219 Å². The van der Waals surface area contributed by atoms with Gasteiger partial charge < -0.3 is 126 Å². The summed E-state index contributed by atoms with van der Waals surface area (Å²) in [6.45, 7) is -4.00. The van der Waals surface area contributed by atoms with E-state index in [1.807, 2.05) is 18.2 Å². The number of aromatic nitrogens is 1. The van der Waals surface area contributed by atoms with E-state index in [0.717, 1.165) is 41.0 Å². The third-order valence-corrected chi connectivity index (χ3v) is 26.2. The highest BCUT2D eigenvalue weighted by molar-refractivity contribution is 8.00. The number of allylic oxidation sites excluding steroid dienone is 2. The van der Waals surface area contributed by atoms with Gasteiger partial charge in [0.2, 0.25) is 100 Å². The van der Waals surface area contributed by atoms with Crippen LogP contribution in [0.15, 0.2) is 96.5 Å². The lowest BCUT2D eigenvalue weighted by Crippen LogP contribution is -2.62. The molecule has 132 heavy (non-hydrogen) atoms. The Morgan fingerprint density at radius 1 is 0.500 bits per heavy atom. The molecule has 5 aliphatic rings. The predicted molar refractivity (Wildman–Crippen MR) is 482 cm³/mol. The summed E-state index contributed by atoms with van der Waals surface area (Å²) in [5.41, 5.74) is 25.4. The van der Waals surface area contributed by atoms with Crippen LogP contribution in [0, 0.1) is 0 Å². The molecule has 4 saturated heterocycles. The third kappa shape index (κ3) is 27.3. The number of thiophene rings is 1. The summed E-state index contributed by atoms with van der Waals surface area (Å²) < 4.78 is 0.803. The summed E-state index contributed by atoms with van der Waals surface area (Å²) in [5, 5.41) is 71.7. The lowest BCUT2D eigenvalue weighted by Gasteiger charge is -2.38. The van der Waals surface area contributed by atoms with Gasteiger partial charge in [-0.2, -0.15) is 0 Å². The number of aliphatic carboxylic acids is 1. The molecule has 7 heterocycles. The van der Waals surface area contributed by atoms with Crippen LogP contribution in [0.1, 0.15) is 126 Å². The van der Waals surface area contributed by atoms with Crippen LogP contribution in [0.25, 0.3) is 21.0 Å². The molecule has 23 N–H and O–H groups in total. The number of nitrogens with zero attached hydrogens (tertiary/aromatic N) is 5. The van der Waals surface area contributed by atoms with Gasteiger partial charge in [0.05, 0.1) is 31.4 Å². The fourth-order valence-corrected chi connectivity index (χ4v) is 18.8. The molecule has 3 aromatic carbocycles. The molecule has 10 rings (SSSR count). The number of amides is 17. The monoisotopic (exact) mass is 1870 g/mol. The summed E-state index contributed by atoms with van der Waals surface area (Å²) in [5.74, 6) is -19.4. The van der Waals surface area contributed by atoms with Gasteiger partial charge in [-0.25, -0.2) is 0 Å². The molecule has 2 bridgehead atoms. The quantitative estimate of drug-likeness (QED) is 0.0396. The zero-order valence-electron chi connectivity index (χ0n) is 73.4. The Morgan fingerprint density at radius 3 is 1.67 bits per heavy atom. The van der Waals surface area contributed by atoms with E-state index in [1.165, 1.54) is 49.7 Å². The molecule has 2 aromatic heterocycles. The standard InChI is InChI=1S/C88H118N20O22S2/c1-104-65-21-9-7-5-3-4-6-8-10-23-68(88(104)130)105(2)84(126)59(36-50-45-132-70-25-14-12-19-54(50)70)98-79(121)63(44-109)102-76(118)57(35-49-41-93-55-20-13-11-18-53(49)55)97-83(125)69-37-52(111)43-108(69)85(127)56(30-31-71(91)112)96-77(119)61(39-89)101-82(124)67-24-17-33-107(67)87(129)60(38-74(115)116)99-81(123)66-22-15-16-32-106(66)86(128)58(34-48-26-28-51(110)29-27-48)95-73(114)47-131-46-64(75(117)94-42-72(92)113)103-78(120)62(40-90)100-80(65)122/h3-4,11-14,18-20,25-29,41,45,52,56-69,93,109-111H,5-10,15-17,21-24,30-40,42-44,46-47,89-90H2,1-2H3,(H2,91,112)(H2,92,113)(H,94,117)(H,95,114)(H,96,119)(H,97,125)(H,98,121)(H,99,123)(H,100,122)(H,101,124)(H,102,118)(H,103,120)(H,115,116)/b4-3-/t52-,56+,57+,58+,59+,60+,61+,62+,63+,64+,65+,66+,67+,68+,69+/m1/s1. The number of phenolic OH excluding ortho intramolecular Hbond substituents is 1. The molecule has 0 saturated carbocycles. The molecular formula is C88H118N20O22S2. The van der Waals surface area contributed by atoms with E-state index < -0.39 is 267 Å². The number of aliphatic hydroxyl groups is 2. The first kappa shape index (κ1) is 101. The van der Waals surface area contributed by atoms with Gasteiger partial charge >= 0.3 is 5.97 Å². The van der Waals surface area contributed by atoms with Gasteiger partial charge in [-0.1, -0.05) is 73.5 Å². The fourth-order valence-electron chi connectivity index (χ4n) is 17.0. The van der Waals surface area contributed by atoms with Crippen molar-refractivity contribution >= 4 is 150 Å². The largest absolute Gasteiger partial charge is 0.508 e. The first-order valence-corrected chi connectivity index (χ1v) is 46.1. The fraction of sp³-hybridized carbons (Fsp3) is 0.523. The zero-order chi connectivity index (χ0) is 95.6. The van der Waals surface area contributed by atoms with Crippen LogP contribution < -0.4 is 76.1 Å². The van der Waals surface area contributed by atoms with Crippen molar-refractivity contribution in [1.82, 2.24) is 82.7 Å². The van der Waals surface area contributed by atoms with Crippen LogP contribution in [0.5, 0.6) is 5.75 Å². The van der Waals surface area contributed by atoms with Crippen molar-refractivity contribution < 1.29 is 107 Å². The number of piperidine rings is 1. The number of aliphatic hydroxyl groups excluding tert-OH is 2. The molecule has 15 atom stereocenters. The number of carbonyl (C=O) groups excluding carboxylic acids is 17. The molecule has 0 spiro atoms. The van der Waals surface area contributed by atoms with Crippen LogP contribution in [0.3, 0.4) is 0 Å². The van der Waals surface area contributed by atoms with E-state index in [1.54, 1.807) is 54.0 Å². The van der Waals surface area contributed by atoms with Crippen molar-refractivity contribution in [2.75, 3.05) is 71.5 Å². The minimum Gasteiger partial charge on any atom is -0.508 e. The SMILES string of the molecule is CN1C(=O)[C@H](Cc2csc3ccccc23)NC(=O)[C@H](CO)NC(=O)[C@H](Cc2c[nH]c3ccccc23)NC(=O)[C@@H]2C[C@@H](O)CN2C(=O)[C@H](CCC(N)=O)NC(=O)[C@H](CN)NC(=O)[C@@H]2CCCN2C(=O)[C@H](CC(=O)O)NC(=O)[C@@H]2CCCCN2C(=O)[C@H](Cc2ccc(O)cc2)NC(=O)CSC[C@@H](C(=O)NCC(N)=O)NC(=O)[C@H](CN)NC(=O)[C@@H]2CCCC/C=C\CCCC[C@H]1C(=O)N2C. The maximum Gasteiger partial charge on any atom is 0.305 e. The molecule has 17 amide bonds. The second kappa shape index (κ2) is 48.5. The molecule has 714 valence electrons. The summed E-state index contributed by atoms with van der Waals surface area (Å²) in [6.07, 6.45) is 4.18. The Morgan fingerprint density at radius 2 is 1.02 bits per heavy atom. The van der Waals surface area contributed by atoms with E-state index in [4.69, 9.17) is 22.9 Å². The minimum atomic E-state index is -1.91. The van der Waals surface area contributed by atoms with Crippen molar-refractivity contribution in [1.29, 1.82) is 0 Å². The number of aromatic amines is 1. The summed E-state index contributed by atoms with van der Waals surface area (Å²) in [6, 6.07) is -2.94. The Hall–Kier alpha value is -12.7. The number of aromatic hydroxyl groups is 1. The number of rotatable bonds is 17. The Bertz CT molecular complexity index is 5070. The average molecular weight is 1870 g/mol. The number of para-hydroxylation sites is 1. The van der Waals surface area contributed by atoms with Crippen molar-refractivity contribution in [3.05, 3.63) is 113 Å². The predicted octanol–water partition coefficient (Wildman–Crippen LogP) is -3.84. The van der Waals surface area contributed by atoms with E-state index >= 15 is 38.4 Å². The van der Waals surface area contributed by atoms with Crippen molar-refractivity contribution in [2.24, 2.45) is 22.9 Å². The Kier molecular flexibility index (Phi) is 37.3. The van der Waals surface area contributed by atoms with Gasteiger partial charge in [0.25, 0.3) is 0 Å². The highest BCUT2D eigenvalue weighted by Gasteiger charge is 2.47. The summed E-state index contributed by atoms with van der Waals surface area (Å²) in [4.78, 5) is 269. The zero-order valence-corrected chi connectivity index (χ0v) is 75.0. The number of nitrogens with one attached hydrogen (secondary N) is 11. The van der Waals surface area contributed by atoms with Crippen LogP contribution in [-0.4, -0.2) is 318 Å². The number of carboxylic acid groups (broad SMARTS) is 1. The van der Waals surface area contributed by atoms with Gasteiger partial charge in [0, 0.05) is 106 Å². The van der Waals surface area contributed by atoms with E-state index in [0.29, 0.717) is 84.3 Å². The number of benzene rings is 3. The molecule has 42 nitrogen and oxygen atoms in total. The summed E-state index contributed by atoms with van der Waals surface area (Å²) in [7, 11) is 2.69. The van der Waals surface area contributed by atoms with Crippen molar-refractivity contribution in [3.8, 4) is 5.75 Å². The Labute approximate surface area is 768 Å². The van der Waals surface area contributed by atoms with E-state index in [2.05, 4.69) is 58.2 Å². The highest BCUT2D eigenvalue weighted by atomic mass is 32.2. The molecule has 4 fully saturated rings. The van der Waals surface area contributed by atoms with Gasteiger partial charge in [-0.05, 0) is 129 Å². The second-order valence-electron chi connectivity index (χ2n) is 33.6. The molecule has 0 aliphatic carbocycles. The topological polar surface area (TPSA) is 645 Å². The molecule has 44 heteroatoms. The lowest BCUT2D eigenvalue weighted by atomic mass is 9.97. The number of H-pyrrole nitrogens is 1. The number of carbonyl (C=O) groups is 18. The molecule has 0 radical (unpaired) electrons. The van der Waals surface area contributed by atoms with Gasteiger partial charge in [0.15, 0.2) is 0 Å². The number of phenols is 1. The number of primary amides is 2. The smallest absolute Gasteiger partial charge is 0.305 e. The number of hydrogen-bond donors (Lipinski definition) is 19. The number of hydrogen-bond acceptors (Lipinski definition) is 25. The van der Waals surface area contributed by atoms with E-state index in [9.17, 15) is 68.4 Å². The normalized spacial score (nSPS) is 26.7. The molecule has 5 aromatic rings. The van der Waals surface area contributed by atoms with Crippen molar-refractivity contribution in [3.63, 3.8) is 0 Å². The van der Waals surface area contributed by atoms with Crippen LogP contribution in [0.2, 0.25) is 0 Å². The van der Waals surface area contributed by atoms with Crippen LogP contribution >= 0.6 is 23.1 Å². The minimum absolute atomic E-state index is 0.00345. The number of carboxylic acids is 1. The van der Waals surface area contributed by atoms with Crippen LogP contribution in [-0.2, 0) is 106 Å². The van der Waals surface area contributed by atoms with Gasteiger partial charge in [-0.3, -0.25) is 86.3 Å². The average Bonchev–Trinajstić information content (AvgIpc) is 1.70. The van der Waals surface area contributed by atoms with Crippen LogP contribution in [0.4, 0.5) is 0 Å². The lowest BCUT2D eigenvalue weighted by molar-refractivity contribution is -0.149. The maximum absolute atomic E-state index is 15.8. The molecular weight excluding hydrogens is 1750 g/mol. The molecule has 5 aliphatic heterocycles. The van der Waals surface area contributed by atoms with Gasteiger partial charge in [0.1, 0.15) is 90.3 Å². The maximum atomic E-state index is 15.8. The first-order chi connectivity index (χ1) is 63.2. The Balaban J connectivity index is 1.00. The van der Waals surface area contributed by atoms with Gasteiger partial charge in [-0.15, -0.1) is 23.1 Å². The third-order valence-electron chi connectivity index (χ3n) is 24.1.